The van der Waals surface area contributed by atoms with Gasteiger partial charge in [0.1, 0.15) is 6.26 Å². The van der Waals surface area contributed by atoms with E-state index < -0.39 is 0 Å². The Kier molecular flexibility index (Phi) is 4.13. The molecular weight excluding hydrogens is 322 g/mol. The summed E-state index contributed by atoms with van der Waals surface area (Å²) in [6.07, 6.45) is 7.46. The van der Waals surface area contributed by atoms with Gasteiger partial charge in [-0.15, -0.1) is 11.3 Å². The number of thiophene rings is 1. The Morgan fingerprint density at radius 3 is 3.12 bits per heavy atom. The molecular formula is C18H17N3O2S. The molecule has 6 heteroatoms. The average Bonchev–Trinajstić information content (AvgIpc) is 3.36. The van der Waals surface area contributed by atoms with Gasteiger partial charge in [0.15, 0.2) is 0 Å². The van der Waals surface area contributed by atoms with Crippen LogP contribution in [0.15, 0.2) is 52.7 Å². The van der Waals surface area contributed by atoms with Gasteiger partial charge in [-0.2, -0.15) is 0 Å². The first kappa shape index (κ1) is 15.1. The number of pyridine rings is 1. The minimum absolute atomic E-state index is 0.0902. The second kappa shape index (κ2) is 6.57. The number of rotatable bonds is 4. The molecule has 4 rings (SSSR count). The van der Waals surface area contributed by atoms with Gasteiger partial charge in [-0.05, 0) is 35.9 Å². The Morgan fingerprint density at radius 2 is 2.33 bits per heavy atom. The number of nitrogens with zero attached hydrogens (tertiary/aromatic N) is 3. The molecule has 1 amide bonds. The Labute approximate surface area is 144 Å². The molecule has 0 radical (unpaired) electrons. The molecule has 0 aliphatic carbocycles. The summed E-state index contributed by atoms with van der Waals surface area (Å²) in [6.45, 7) is 0.786. The van der Waals surface area contributed by atoms with Gasteiger partial charge >= 0.3 is 0 Å². The van der Waals surface area contributed by atoms with Crippen LogP contribution in [0.1, 0.15) is 30.1 Å². The zero-order valence-corrected chi connectivity index (χ0v) is 13.9. The predicted molar refractivity (Wildman–Crippen MR) is 91.4 cm³/mol. The summed E-state index contributed by atoms with van der Waals surface area (Å²) < 4.78 is 5.50. The van der Waals surface area contributed by atoms with Crippen LogP contribution in [0.3, 0.4) is 0 Å². The maximum atomic E-state index is 12.7. The van der Waals surface area contributed by atoms with E-state index in [0.717, 1.165) is 29.8 Å². The molecule has 1 aliphatic heterocycles. The lowest BCUT2D eigenvalue weighted by atomic mass is 10.1. The lowest BCUT2D eigenvalue weighted by Crippen LogP contribution is -2.31. The van der Waals surface area contributed by atoms with Crippen LogP contribution in [0.2, 0.25) is 0 Å². The third kappa shape index (κ3) is 2.97. The monoisotopic (exact) mass is 339 g/mol. The standard InChI is InChI=1S/C18H17N3O2S/c22-17(10-14-12-23-18(20-14)16-6-3-9-24-16)21-8-2-5-15(21)13-4-1-7-19-11-13/h1,3-4,6-7,9,11-12,15H,2,5,8,10H2/t15-/m1/s1. The molecule has 5 nitrogen and oxygen atoms in total. The second-order valence-corrected chi connectivity index (χ2v) is 6.78. The van der Waals surface area contributed by atoms with E-state index >= 15 is 0 Å². The van der Waals surface area contributed by atoms with E-state index in [4.69, 9.17) is 4.42 Å². The molecule has 0 N–H and O–H groups in total. The van der Waals surface area contributed by atoms with Crippen molar-refractivity contribution in [2.24, 2.45) is 0 Å². The molecule has 0 saturated carbocycles. The van der Waals surface area contributed by atoms with Crippen LogP contribution >= 0.6 is 11.3 Å². The van der Waals surface area contributed by atoms with Crippen molar-refractivity contribution >= 4 is 17.2 Å². The van der Waals surface area contributed by atoms with Gasteiger partial charge in [0, 0.05) is 18.9 Å². The molecule has 3 aromatic heterocycles. The minimum Gasteiger partial charge on any atom is -0.444 e. The van der Waals surface area contributed by atoms with Crippen molar-refractivity contribution in [3.63, 3.8) is 0 Å². The largest absolute Gasteiger partial charge is 0.444 e. The number of aromatic nitrogens is 2. The number of carbonyl (C=O) groups excluding carboxylic acids is 1. The summed E-state index contributed by atoms with van der Waals surface area (Å²) in [5, 5.41) is 1.98. The molecule has 24 heavy (non-hydrogen) atoms. The zero-order valence-electron chi connectivity index (χ0n) is 13.1. The number of hydrogen-bond donors (Lipinski definition) is 0. The summed E-state index contributed by atoms with van der Waals surface area (Å²) in [6, 6.07) is 7.99. The topological polar surface area (TPSA) is 59.2 Å². The molecule has 0 aromatic carbocycles. The van der Waals surface area contributed by atoms with Crippen LogP contribution in [0.4, 0.5) is 0 Å². The van der Waals surface area contributed by atoms with Gasteiger partial charge in [-0.1, -0.05) is 12.1 Å². The van der Waals surface area contributed by atoms with Gasteiger partial charge in [0.05, 0.1) is 23.0 Å². The smallest absolute Gasteiger partial charge is 0.236 e. The molecule has 1 aliphatic rings. The van der Waals surface area contributed by atoms with E-state index in [2.05, 4.69) is 9.97 Å². The van der Waals surface area contributed by atoms with Crippen LogP contribution < -0.4 is 0 Å². The molecule has 4 heterocycles. The van der Waals surface area contributed by atoms with E-state index in [1.807, 2.05) is 40.7 Å². The quantitative estimate of drug-likeness (QED) is 0.727. The normalized spacial score (nSPS) is 17.3. The first-order chi connectivity index (χ1) is 11.8. The molecule has 3 aromatic rings. The summed E-state index contributed by atoms with van der Waals surface area (Å²) >= 11 is 1.57. The Balaban J connectivity index is 1.48. The van der Waals surface area contributed by atoms with Crippen molar-refractivity contribution in [3.05, 3.63) is 59.6 Å². The van der Waals surface area contributed by atoms with Crippen LogP contribution in [0.25, 0.3) is 10.8 Å². The molecule has 1 saturated heterocycles. The number of likely N-dealkylation sites (tertiary alicyclic amines) is 1. The Morgan fingerprint density at radius 1 is 1.38 bits per heavy atom. The molecule has 0 unspecified atom stereocenters. The molecule has 122 valence electrons. The van der Waals surface area contributed by atoms with Gasteiger partial charge in [0.2, 0.25) is 11.8 Å². The van der Waals surface area contributed by atoms with E-state index in [9.17, 15) is 4.79 Å². The maximum absolute atomic E-state index is 12.7. The lowest BCUT2D eigenvalue weighted by molar-refractivity contribution is -0.131. The van der Waals surface area contributed by atoms with Crippen molar-refractivity contribution in [2.75, 3.05) is 6.54 Å². The highest BCUT2D eigenvalue weighted by atomic mass is 32.1. The number of amides is 1. The SMILES string of the molecule is O=C(Cc1coc(-c2cccs2)n1)N1CCC[C@@H]1c1cccnc1. The van der Waals surface area contributed by atoms with Crippen molar-refractivity contribution in [3.8, 4) is 10.8 Å². The van der Waals surface area contributed by atoms with Crippen LogP contribution in [0.5, 0.6) is 0 Å². The highest BCUT2D eigenvalue weighted by molar-refractivity contribution is 7.13. The number of carbonyl (C=O) groups is 1. The first-order valence-electron chi connectivity index (χ1n) is 7.99. The van der Waals surface area contributed by atoms with Gasteiger partial charge in [-0.25, -0.2) is 4.98 Å². The van der Waals surface area contributed by atoms with E-state index in [0.29, 0.717) is 11.6 Å². The minimum atomic E-state index is 0.0902. The highest BCUT2D eigenvalue weighted by Gasteiger charge is 2.30. The molecule has 1 fully saturated rings. The Bertz CT molecular complexity index is 814. The van der Waals surface area contributed by atoms with Crippen molar-refractivity contribution < 1.29 is 9.21 Å². The van der Waals surface area contributed by atoms with Gasteiger partial charge < -0.3 is 9.32 Å². The first-order valence-corrected chi connectivity index (χ1v) is 8.87. The number of hydrogen-bond acceptors (Lipinski definition) is 5. The van der Waals surface area contributed by atoms with Crippen molar-refractivity contribution in [1.29, 1.82) is 0 Å². The van der Waals surface area contributed by atoms with E-state index in [-0.39, 0.29) is 18.4 Å². The Hall–Kier alpha value is -2.47. The highest BCUT2D eigenvalue weighted by Crippen LogP contribution is 2.32. The second-order valence-electron chi connectivity index (χ2n) is 5.83. The average molecular weight is 339 g/mol. The van der Waals surface area contributed by atoms with E-state index in [1.54, 1.807) is 23.8 Å². The maximum Gasteiger partial charge on any atom is 0.236 e. The predicted octanol–water partition coefficient (Wildman–Crippen LogP) is 3.70. The fourth-order valence-electron chi connectivity index (χ4n) is 3.14. The molecule has 0 bridgehead atoms. The van der Waals surface area contributed by atoms with Crippen molar-refractivity contribution in [1.82, 2.24) is 14.9 Å². The van der Waals surface area contributed by atoms with Crippen LogP contribution in [-0.4, -0.2) is 27.3 Å². The summed E-state index contributed by atoms with van der Waals surface area (Å²) in [5.74, 6) is 0.672. The third-order valence-corrected chi connectivity index (χ3v) is 5.12. The fourth-order valence-corrected chi connectivity index (χ4v) is 3.80. The summed E-state index contributed by atoms with van der Waals surface area (Å²) in [5.41, 5.74) is 1.78. The van der Waals surface area contributed by atoms with Crippen molar-refractivity contribution in [2.45, 2.75) is 25.3 Å². The molecule has 0 spiro atoms. The van der Waals surface area contributed by atoms with Gasteiger partial charge in [0.25, 0.3) is 0 Å². The molecule has 1 atom stereocenters. The fraction of sp³-hybridized carbons (Fsp3) is 0.278. The number of oxazole rings is 1. The van der Waals surface area contributed by atoms with Gasteiger partial charge in [-0.3, -0.25) is 9.78 Å². The summed E-state index contributed by atoms with van der Waals surface area (Å²) in [7, 11) is 0. The van der Waals surface area contributed by atoms with E-state index in [1.165, 1.54) is 0 Å². The zero-order chi connectivity index (χ0) is 16.4. The van der Waals surface area contributed by atoms with Crippen LogP contribution in [-0.2, 0) is 11.2 Å². The third-order valence-electron chi connectivity index (χ3n) is 4.26. The van der Waals surface area contributed by atoms with Crippen LogP contribution in [0, 0.1) is 0 Å². The lowest BCUT2D eigenvalue weighted by Gasteiger charge is -2.24. The summed E-state index contributed by atoms with van der Waals surface area (Å²) in [4.78, 5) is 24.3.